The van der Waals surface area contributed by atoms with Gasteiger partial charge in [-0.2, -0.15) is 0 Å². The molecule has 0 aliphatic rings. The number of rotatable bonds is 6. The van der Waals surface area contributed by atoms with Crippen LogP contribution in [0.4, 0.5) is 0 Å². The maximum atomic E-state index is 12.7. The zero-order chi connectivity index (χ0) is 15.9. The van der Waals surface area contributed by atoms with Gasteiger partial charge in [0.25, 0.3) is 5.91 Å². The van der Waals surface area contributed by atoms with Crippen molar-refractivity contribution >= 4 is 5.91 Å². The quantitative estimate of drug-likeness (QED) is 0.816. The lowest BCUT2D eigenvalue weighted by Gasteiger charge is -2.30. The SMILES string of the molecule is CC[C@H](c1ccc(OC)cc1)N(CC)C(=O)c1ccncc1. The highest BCUT2D eigenvalue weighted by Crippen LogP contribution is 2.27. The van der Waals surface area contributed by atoms with Gasteiger partial charge in [0.2, 0.25) is 0 Å². The molecule has 0 unspecified atom stereocenters. The van der Waals surface area contributed by atoms with E-state index in [-0.39, 0.29) is 11.9 Å². The van der Waals surface area contributed by atoms with Gasteiger partial charge in [-0.1, -0.05) is 19.1 Å². The predicted molar refractivity (Wildman–Crippen MR) is 87.0 cm³/mol. The summed E-state index contributed by atoms with van der Waals surface area (Å²) in [7, 11) is 1.65. The van der Waals surface area contributed by atoms with Gasteiger partial charge in [0.1, 0.15) is 5.75 Å². The average Bonchev–Trinajstić information content (AvgIpc) is 2.60. The number of carbonyl (C=O) groups excluding carboxylic acids is 1. The third-order valence-electron chi connectivity index (χ3n) is 3.79. The second kappa shape index (κ2) is 7.59. The molecule has 0 saturated carbocycles. The molecule has 0 spiro atoms. The number of aromatic nitrogens is 1. The number of nitrogens with zero attached hydrogens (tertiary/aromatic N) is 2. The van der Waals surface area contributed by atoms with Crippen LogP contribution in [-0.4, -0.2) is 29.4 Å². The zero-order valence-electron chi connectivity index (χ0n) is 13.3. The first-order valence-corrected chi connectivity index (χ1v) is 7.56. The van der Waals surface area contributed by atoms with Gasteiger partial charge in [0.05, 0.1) is 13.2 Å². The smallest absolute Gasteiger partial charge is 0.254 e. The molecule has 0 saturated heterocycles. The first-order valence-electron chi connectivity index (χ1n) is 7.56. The summed E-state index contributed by atoms with van der Waals surface area (Å²) in [5, 5.41) is 0. The molecule has 1 atom stereocenters. The molecule has 4 nitrogen and oxygen atoms in total. The Hall–Kier alpha value is -2.36. The van der Waals surface area contributed by atoms with Crippen molar-refractivity contribution in [1.82, 2.24) is 9.88 Å². The Balaban J connectivity index is 2.28. The predicted octanol–water partition coefficient (Wildman–Crippen LogP) is 3.70. The van der Waals surface area contributed by atoms with E-state index in [0.717, 1.165) is 17.7 Å². The van der Waals surface area contributed by atoms with Gasteiger partial charge in [-0.3, -0.25) is 9.78 Å². The van der Waals surface area contributed by atoms with Crippen LogP contribution >= 0.6 is 0 Å². The lowest BCUT2D eigenvalue weighted by molar-refractivity contribution is 0.0682. The van der Waals surface area contributed by atoms with Crippen molar-refractivity contribution in [2.24, 2.45) is 0 Å². The highest BCUT2D eigenvalue weighted by Gasteiger charge is 2.23. The van der Waals surface area contributed by atoms with Crippen molar-refractivity contribution in [1.29, 1.82) is 0 Å². The van der Waals surface area contributed by atoms with Crippen molar-refractivity contribution in [2.75, 3.05) is 13.7 Å². The van der Waals surface area contributed by atoms with E-state index in [1.165, 1.54) is 0 Å². The van der Waals surface area contributed by atoms with E-state index >= 15 is 0 Å². The van der Waals surface area contributed by atoms with Crippen LogP contribution in [0.2, 0.25) is 0 Å². The van der Waals surface area contributed by atoms with Crippen molar-refractivity contribution < 1.29 is 9.53 Å². The third-order valence-corrected chi connectivity index (χ3v) is 3.79. The molecule has 22 heavy (non-hydrogen) atoms. The van der Waals surface area contributed by atoms with Gasteiger partial charge in [0.15, 0.2) is 0 Å². The minimum Gasteiger partial charge on any atom is -0.497 e. The van der Waals surface area contributed by atoms with E-state index in [0.29, 0.717) is 12.1 Å². The molecule has 0 bridgehead atoms. The molecule has 1 aromatic heterocycles. The van der Waals surface area contributed by atoms with Crippen LogP contribution in [-0.2, 0) is 0 Å². The van der Waals surface area contributed by atoms with E-state index < -0.39 is 0 Å². The number of hydrogen-bond donors (Lipinski definition) is 0. The van der Waals surface area contributed by atoms with Crippen molar-refractivity contribution in [2.45, 2.75) is 26.3 Å². The van der Waals surface area contributed by atoms with E-state index in [1.54, 1.807) is 31.6 Å². The fraction of sp³-hybridized carbons (Fsp3) is 0.333. The van der Waals surface area contributed by atoms with Gasteiger partial charge >= 0.3 is 0 Å². The lowest BCUT2D eigenvalue weighted by atomic mass is 10.0. The van der Waals surface area contributed by atoms with Crippen LogP contribution < -0.4 is 4.74 Å². The Bertz CT molecular complexity index is 596. The Morgan fingerprint density at radius 3 is 2.27 bits per heavy atom. The number of carbonyl (C=O) groups is 1. The van der Waals surface area contributed by atoms with Gasteiger partial charge < -0.3 is 9.64 Å². The third kappa shape index (κ3) is 3.45. The van der Waals surface area contributed by atoms with Crippen molar-refractivity contribution in [3.63, 3.8) is 0 Å². The minimum absolute atomic E-state index is 0.0348. The second-order valence-electron chi connectivity index (χ2n) is 5.02. The summed E-state index contributed by atoms with van der Waals surface area (Å²) < 4.78 is 5.20. The van der Waals surface area contributed by atoms with E-state index in [1.807, 2.05) is 36.1 Å². The van der Waals surface area contributed by atoms with Crippen LogP contribution in [0.3, 0.4) is 0 Å². The largest absolute Gasteiger partial charge is 0.497 e. The van der Waals surface area contributed by atoms with Crippen molar-refractivity contribution in [3.8, 4) is 5.75 Å². The number of amides is 1. The molecule has 2 rings (SSSR count). The molecule has 0 fully saturated rings. The Labute approximate surface area is 131 Å². The number of ether oxygens (including phenoxy) is 1. The lowest BCUT2D eigenvalue weighted by Crippen LogP contribution is -2.34. The van der Waals surface area contributed by atoms with Gasteiger partial charge in [-0.25, -0.2) is 0 Å². The summed E-state index contributed by atoms with van der Waals surface area (Å²) in [5.41, 5.74) is 1.79. The Morgan fingerprint density at radius 2 is 1.77 bits per heavy atom. The molecule has 1 aromatic carbocycles. The zero-order valence-corrected chi connectivity index (χ0v) is 13.3. The van der Waals surface area contributed by atoms with Gasteiger partial charge in [-0.05, 0) is 43.2 Å². The summed E-state index contributed by atoms with van der Waals surface area (Å²) in [6.45, 7) is 4.76. The monoisotopic (exact) mass is 298 g/mol. The van der Waals surface area contributed by atoms with Gasteiger partial charge in [-0.15, -0.1) is 0 Å². The summed E-state index contributed by atoms with van der Waals surface area (Å²) in [4.78, 5) is 18.6. The highest BCUT2D eigenvalue weighted by atomic mass is 16.5. The summed E-state index contributed by atoms with van der Waals surface area (Å²) >= 11 is 0. The Morgan fingerprint density at radius 1 is 1.14 bits per heavy atom. The molecule has 0 aliphatic heterocycles. The van der Waals surface area contributed by atoms with Crippen LogP contribution in [0.15, 0.2) is 48.8 Å². The molecule has 0 N–H and O–H groups in total. The number of benzene rings is 1. The maximum absolute atomic E-state index is 12.7. The molecule has 0 aliphatic carbocycles. The first-order chi connectivity index (χ1) is 10.7. The average molecular weight is 298 g/mol. The van der Waals surface area contributed by atoms with Crippen LogP contribution in [0, 0.1) is 0 Å². The topological polar surface area (TPSA) is 42.4 Å². The summed E-state index contributed by atoms with van der Waals surface area (Å²) in [6, 6.07) is 11.5. The maximum Gasteiger partial charge on any atom is 0.254 e. The minimum atomic E-state index is 0.0348. The summed E-state index contributed by atoms with van der Waals surface area (Å²) in [5.74, 6) is 0.856. The molecule has 4 heteroatoms. The van der Waals surface area contributed by atoms with E-state index in [2.05, 4.69) is 11.9 Å². The van der Waals surface area contributed by atoms with E-state index in [9.17, 15) is 4.79 Å². The first kappa shape index (κ1) is 16.0. The number of methoxy groups -OCH3 is 1. The van der Waals surface area contributed by atoms with E-state index in [4.69, 9.17) is 4.74 Å². The molecule has 0 radical (unpaired) electrons. The molecule has 1 heterocycles. The molecule has 2 aromatic rings. The fourth-order valence-corrected chi connectivity index (χ4v) is 2.63. The molecule has 1 amide bonds. The molecular weight excluding hydrogens is 276 g/mol. The fourth-order valence-electron chi connectivity index (χ4n) is 2.63. The number of hydrogen-bond acceptors (Lipinski definition) is 3. The molecular formula is C18H22N2O2. The Kier molecular flexibility index (Phi) is 5.53. The summed E-state index contributed by atoms with van der Waals surface area (Å²) in [6.07, 6.45) is 4.15. The number of pyridine rings is 1. The van der Waals surface area contributed by atoms with Gasteiger partial charge in [0, 0.05) is 24.5 Å². The highest BCUT2D eigenvalue weighted by molar-refractivity contribution is 5.94. The van der Waals surface area contributed by atoms with Crippen LogP contribution in [0.25, 0.3) is 0 Å². The molecule has 116 valence electrons. The van der Waals surface area contributed by atoms with Crippen LogP contribution in [0.1, 0.15) is 42.2 Å². The van der Waals surface area contributed by atoms with Crippen molar-refractivity contribution in [3.05, 3.63) is 59.9 Å². The van der Waals surface area contributed by atoms with Crippen LogP contribution in [0.5, 0.6) is 5.75 Å². The second-order valence-corrected chi connectivity index (χ2v) is 5.02. The standard InChI is InChI=1S/C18H22N2O2/c1-4-17(14-6-8-16(22-3)9-7-14)20(5-2)18(21)15-10-12-19-13-11-15/h6-13,17H,4-5H2,1-3H3/t17-/m1/s1. The normalized spacial score (nSPS) is 11.8.